The maximum atomic E-state index is 5.28. The minimum Gasteiger partial charge on any atom is -0.356 e. The van der Waals surface area contributed by atoms with E-state index in [1.807, 2.05) is 18.2 Å². The van der Waals surface area contributed by atoms with Crippen molar-refractivity contribution in [2.24, 2.45) is 4.99 Å². The molecule has 1 unspecified atom stereocenters. The fraction of sp³-hybridized carbons (Fsp3) is 0.600. The zero-order chi connectivity index (χ0) is 19.6. The molecule has 160 valence electrons. The Balaban J connectivity index is 0.00000300. The van der Waals surface area contributed by atoms with Crippen LogP contribution in [-0.2, 0) is 6.42 Å². The molecule has 29 heavy (non-hydrogen) atoms. The monoisotopic (exact) mass is 513 g/mol. The van der Waals surface area contributed by atoms with Crippen molar-refractivity contribution in [2.75, 3.05) is 33.2 Å². The molecule has 0 aliphatic carbocycles. The number of likely N-dealkylation sites (tertiary alicyclic amines) is 1. The number of nitrogens with one attached hydrogen (secondary N) is 2. The van der Waals surface area contributed by atoms with Gasteiger partial charge in [0.15, 0.2) is 11.8 Å². The van der Waals surface area contributed by atoms with Gasteiger partial charge in [-0.3, -0.25) is 14.9 Å². The van der Waals surface area contributed by atoms with Crippen molar-refractivity contribution in [1.29, 1.82) is 0 Å². The van der Waals surface area contributed by atoms with E-state index < -0.39 is 0 Å². The van der Waals surface area contributed by atoms with Gasteiger partial charge in [-0.05, 0) is 37.9 Å². The molecule has 3 heterocycles. The Bertz CT molecular complexity index is 737. The predicted octanol–water partition coefficient (Wildman–Crippen LogP) is 2.72. The normalized spacial score (nSPS) is 17.6. The van der Waals surface area contributed by atoms with Gasteiger partial charge in [0.1, 0.15) is 5.69 Å². The number of piperidine rings is 1. The smallest absolute Gasteiger partial charge is 0.276 e. The summed E-state index contributed by atoms with van der Waals surface area (Å²) in [5.74, 6) is 1.91. The summed E-state index contributed by atoms with van der Waals surface area (Å²) in [6.45, 7) is 6.12. The van der Waals surface area contributed by atoms with Crippen LogP contribution in [0.15, 0.2) is 33.9 Å². The molecule has 0 radical (unpaired) electrons. The van der Waals surface area contributed by atoms with Crippen LogP contribution in [0.25, 0.3) is 11.6 Å². The Labute approximate surface area is 190 Å². The predicted molar refractivity (Wildman–Crippen MR) is 126 cm³/mol. The van der Waals surface area contributed by atoms with Crippen LogP contribution in [0, 0.1) is 0 Å². The second kappa shape index (κ2) is 12.7. The fourth-order valence-corrected chi connectivity index (χ4v) is 3.60. The van der Waals surface area contributed by atoms with Gasteiger partial charge in [-0.1, -0.05) is 24.6 Å². The van der Waals surface area contributed by atoms with Crippen molar-refractivity contribution in [3.63, 3.8) is 0 Å². The van der Waals surface area contributed by atoms with Crippen LogP contribution in [0.4, 0.5) is 0 Å². The molecule has 0 amide bonds. The molecule has 1 atom stereocenters. The van der Waals surface area contributed by atoms with E-state index in [2.05, 4.69) is 42.6 Å². The largest absolute Gasteiger partial charge is 0.356 e. The minimum absolute atomic E-state index is 0. The van der Waals surface area contributed by atoms with Crippen molar-refractivity contribution in [1.82, 2.24) is 30.7 Å². The van der Waals surface area contributed by atoms with E-state index >= 15 is 0 Å². The second-order valence-corrected chi connectivity index (χ2v) is 7.00. The number of aliphatic imine (C=N–C) groups is 1. The molecule has 0 bridgehead atoms. The molecule has 1 saturated heterocycles. The summed E-state index contributed by atoms with van der Waals surface area (Å²) in [5, 5.41) is 10.7. The SMILES string of the molecule is CCC1CCCCN1CCNC(=NC)NCCc1noc(-c2ccccn2)n1.I. The maximum Gasteiger partial charge on any atom is 0.276 e. The molecule has 1 fully saturated rings. The van der Waals surface area contributed by atoms with Gasteiger partial charge in [0.25, 0.3) is 5.89 Å². The fourth-order valence-electron chi connectivity index (χ4n) is 3.60. The lowest BCUT2D eigenvalue weighted by Gasteiger charge is -2.35. The first-order valence-corrected chi connectivity index (χ1v) is 10.2. The van der Waals surface area contributed by atoms with E-state index in [1.165, 1.54) is 32.2 Å². The third-order valence-corrected chi connectivity index (χ3v) is 5.13. The quantitative estimate of drug-likeness (QED) is 0.319. The van der Waals surface area contributed by atoms with Gasteiger partial charge in [-0.2, -0.15) is 4.98 Å². The van der Waals surface area contributed by atoms with Crippen LogP contribution in [-0.4, -0.2) is 65.3 Å². The molecular weight excluding hydrogens is 481 g/mol. The van der Waals surface area contributed by atoms with Crippen molar-refractivity contribution in [2.45, 2.75) is 45.1 Å². The van der Waals surface area contributed by atoms with E-state index in [-0.39, 0.29) is 24.0 Å². The molecule has 2 aromatic heterocycles. The van der Waals surface area contributed by atoms with Gasteiger partial charge in [0, 0.05) is 45.3 Å². The van der Waals surface area contributed by atoms with E-state index in [4.69, 9.17) is 4.52 Å². The maximum absolute atomic E-state index is 5.28. The van der Waals surface area contributed by atoms with Crippen molar-refractivity contribution >= 4 is 29.9 Å². The average Bonchev–Trinajstić information content (AvgIpc) is 3.22. The van der Waals surface area contributed by atoms with E-state index in [9.17, 15) is 0 Å². The zero-order valence-corrected chi connectivity index (χ0v) is 19.6. The number of aromatic nitrogens is 3. The van der Waals surface area contributed by atoms with Crippen LogP contribution in [0.3, 0.4) is 0 Å². The van der Waals surface area contributed by atoms with Crippen LogP contribution in [0.1, 0.15) is 38.4 Å². The van der Waals surface area contributed by atoms with E-state index in [1.54, 1.807) is 13.2 Å². The number of guanidine groups is 1. The van der Waals surface area contributed by atoms with Crippen molar-refractivity contribution in [3.05, 3.63) is 30.2 Å². The van der Waals surface area contributed by atoms with Gasteiger partial charge >= 0.3 is 0 Å². The lowest BCUT2D eigenvalue weighted by Crippen LogP contribution is -2.46. The molecule has 2 N–H and O–H groups in total. The second-order valence-electron chi connectivity index (χ2n) is 7.00. The van der Waals surface area contributed by atoms with Crippen LogP contribution < -0.4 is 10.6 Å². The first-order chi connectivity index (χ1) is 13.8. The number of pyridine rings is 1. The highest BCUT2D eigenvalue weighted by molar-refractivity contribution is 14.0. The summed E-state index contributed by atoms with van der Waals surface area (Å²) in [5.41, 5.74) is 0.690. The lowest BCUT2D eigenvalue weighted by atomic mass is 10.0. The Morgan fingerprint density at radius 2 is 2.14 bits per heavy atom. The van der Waals surface area contributed by atoms with Gasteiger partial charge in [-0.15, -0.1) is 24.0 Å². The van der Waals surface area contributed by atoms with E-state index in [0.29, 0.717) is 30.4 Å². The molecule has 8 nitrogen and oxygen atoms in total. The number of nitrogens with zero attached hydrogens (tertiary/aromatic N) is 5. The Hall–Kier alpha value is -1.75. The highest BCUT2D eigenvalue weighted by atomic mass is 127. The molecule has 0 spiro atoms. The molecule has 3 rings (SSSR count). The summed E-state index contributed by atoms with van der Waals surface area (Å²) in [6.07, 6.45) is 7.61. The molecule has 0 aromatic carbocycles. The lowest BCUT2D eigenvalue weighted by molar-refractivity contribution is 0.147. The molecule has 1 aliphatic rings. The van der Waals surface area contributed by atoms with Gasteiger partial charge in [0.2, 0.25) is 0 Å². The number of rotatable bonds is 8. The van der Waals surface area contributed by atoms with Crippen LogP contribution in [0.5, 0.6) is 0 Å². The van der Waals surface area contributed by atoms with Crippen molar-refractivity contribution in [3.8, 4) is 11.6 Å². The number of hydrogen-bond acceptors (Lipinski definition) is 6. The summed E-state index contributed by atoms with van der Waals surface area (Å²) in [6, 6.07) is 6.34. The summed E-state index contributed by atoms with van der Waals surface area (Å²) in [7, 11) is 1.79. The highest BCUT2D eigenvalue weighted by Crippen LogP contribution is 2.18. The average molecular weight is 513 g/mol. The van der Waals surface area contributed by atoms with Gasteiger partial charge in [0.05, 0.1) is 0 Å². The molecular formula is C20H32IN7O. The standard InChI is InChI=1S/C20H31N7O.HI/c1-3-16-8-5-7-14-27(16)15-13-24-20(21-2)23-12-10-18-25-19(28-26-18)17-9-4-6-11-22-17;/h4,6,9,11,16H,3,5,7-8,10,12-15H2,1-2H3,(H2,21,23,24);1H. The Kier molecular flexibility index (Phi) is 10.3. The van der Waals surface area contributed by atoms with Gasteiger partial charge < -0.3 is 15.2 Å². The van der Waals surface area contributed by atoms with E-state index in [0.717, 1.165) is 25.1 Å². The van der Waals surface area contributed by atoms with Crippen LogP contribution >= 0.6 is 24.0 Å². The summed E-state index contributed by atoms with van der Waals surface area (Å²) < 4.78 is 5.28. The topological polar surface area (TPSA) is 91.5 Å². The summed E-state index contributed by atoms with van der Waals surface area (Å²) in [4.78, 5) is 15.5. The van der Waals surface area contributed by atoms with Crippen molar-refractivity contribution < 1.29 is 4.52 Å². The van der Waals surface area contributed by atoms with Crippen LogP contribution in [0.2, 0.25) is 0 Å². The van der Waals surface area contributed by atoms with Gasteiger partial charge in [-0.25, -0.2) is 0 Å². The molecule has 2 aromatic rings. The number of hydrogen-bond donors (Lipinski definition) is 2. The Morgan fingerprint density at radius 3 is 2.90 bits per heavy atom. The minimum atomic E-state index is 0. The number of halogens is 1. The molecule has 0 saturated carbocycles. The third kappa shape index (κ3) is 7.22. The first kappa shape index (κ1) is 23.5. The highest BCUT2D eigenvalue weighted by Gasteiger charge is 2.20. The molecule has 1 aliphatic heterocycles. The third-order valence-electron chi connectivity index (χ3n) is 5.13. The summed E-state index contributed by atoms with van der Waals surface area (Å²) >= 11 is 0. The zero-order valence-electron chi connectivity index (χ0n) is 17.3. The Morgan fingerprint density at radius 1 is 1.28 bits per heavy atom. The first-order valence-electron chi connectivity index (χ1n) is 10.2. The molecule has 9 heteroatoms.